The smallest absolute Gasteiger partial charge is 0.410 e. The summed E-state index contributed by atoms with van der Waals surface area (Å²) < 4.78 is 21.3. The monoisotopic (exact) mass is 734 g/mol. The number of amides is 1. The largest absolute Gasteiger partial charge is 0.445 e. The highest BCUT2D eigenvalue weighted by Crippen LogP contribution is 2.37. The zero-order valence-electron chi connectivity index (χ0n) is 28.1. The molecule has 0 aliphatic carbocycles. The van der Waals surface area contributed by atoms with Gasteiger partial charge in [-0.25, -0.2) is 13.9 Å². The molecule has 1 saturated heterocycles. The Morgan fingerprint density at radius 1 is 1.00 bits per heavy atom. The minimum Gasteiger partial charge on any atom is -0.445 e. The van der Waals surface area contributed by atoms with Crippen LogP contribution < -0.4 is 10.6 Å². The SMILES string of the molecule is Cc1ccc(Cc2cn(C3CCN(C(=O)OCc4ccccc4)CC3)nn2)c(Nc2cc(Cl)c3ncc(C#N)c(Nc4ccc(F)c(Cl)c4)c3c2)c1. The Hall–Kier alpha value is -5.70. The summed E-state index contributed by atoms with van der Waals surface area (Å²) in [5.41, 5.74) is 7.11. The van der Waals surface area contributed by atoms with Gasteiger partial charge in [-0.1, -0.05) is 70.9 Å². The van der Waals surface area contributed by atoms with E-state index in [1.54, 1.807) is 17.0 Å². The molecule has 0 bridgehead atoms. The summed E-state index contributed by atoms with van der Waals surface area (Å²) in [5, 5.41) is 26.5. The van der Waals surface area contributed by atoms with Gasteiger partial charge in [0.1, 0.15) is 18.5 Å². The van der Waals surface area contributed by atoms with Gasteiger partial charge in [-0.05, 0) is 72.9 Å². The molecule has 0 radical (unpaired) electrons. The molecule has 4 aromatic carbocycles. The maximum Gasteiger partial charge on any atom is 0.410 e. The standard InChI is InChI=1S/C39H33Cl2FN8O2/c1-24-7-8-26(16-30-22-50(48-47-30)31-11-13-49(14-12-31)39(51)52-23-25-5-3-2-4-6-25)36(15-24)45-29-17-32-37(46-28-9-10-35(42)33(40)18-28)27(20-43)21-44-38(32)34(41)19-29/h2-10,15,17-19,21-22,31,45H,11-14,16,23H2,1H3,(H,44,46). The second kappa shape index (κ2) is 15.3. The van der Waals surface area contributed by atoms with Gasteiger partial charge in [0, 0.05) is 54.4 Å². The lowest BCUT2D eigenvalue weighted by molar-refractivity contribution is 0.0820. The first-order valence-electron chi connectivity index (χ1n) is 16.7. The second-order valence-electron chi connectivity index (χ2n) is 12.7. The van der Waals surface area contributed by atoms with Gasteiger partial charge in [0.25, 0.3) is 0 Å². The van der Waals surface area contributed by atoms with E-state index in [0.717, 1.165) is 40.9 Å². The molecule has 1 aliphatic rings. The number of hydrogen-bond acceptors (Lipinski definition) is 8. The van der Waals surface area contributed by atoms with Gasteiger partial charge in [0.05, 0.1) is 38.5 Å². The molecule has 0 spiro atoms. The Bertz CT molecular complexity index is 2300. The molecule has 2 aromatic heterocycles. The van der Waals surface area contributed by atoms with E-state index >= 15 is 0 Å². The van der Waals surface area contributed by atoms with E-state index in [1.807, 2.05) is 66.3 Å². The molecule has 0 unspecified atom stereocenters. The third-order valence-corrected chi connectivity index (χ3v) is 9.59. The molecule has 0 saturated carbocycles. The summed E-state index contributed by atoms with van der Waals surface area (Å²) in [6.07, 6.45) is 5.13. The minimum atomic E-state index is -0.544. The first-order valence-corrected chi connectivity index (χ1v) is 17.5. The molecular weight excluding hydrogens is 702 g/mol. The fourth-order valence-corrected chi connectivity index (χ4v) is 6.73. The fourth-order valence-electron chi connectivity index (χ4n) is 6.28. The summed E-state index contributed by atoms with van der Waals surface area (Å²) in [6.45, 7) is 3.42. The van der Waals surface area contributed by atoms with Crippen molar-refractivity contribution in [2.45, 2.75) is 38.8 Å². The number of piperidine rings is 1. The number of likely N-dealkylation sites (tertiary alicyclic amines) is 1. The van der Waals surface area contributed by atoms with Gasteiger partial charge in [0.2, 0.25) is 0 Å². The van der Waals surface area contributed by atoms with Crippen LogP contribution >= 0.6 is 23.2 Å². The fraction of sp³-hybridized carbons (Fsp3) is 0.205. The van der Waals surface area contributed by atoms with Crippen LogP contribution in [0.5, 0.6) is 0 Å². The molecule has 2 N–H and O–H groups in total. The van der Waals surface area contributed by atoms with Crippen molar-refractivity contribution in [2.24, 2.45) is 0 Å². The lowest BCUT2D eigenvalue weighted by Gasteiger charge is -2.31. The number of aryl methyl sites for hydroxylation is 1. The third kappa shape index (κ3) is 7.78. The summed E-state index contributed by atoms with van der Waals surface area (Å²) in [5.74, 6) is -0.544. The van der Waals surface area contributed by atoms with Gasteiger partial charge in [-0.15, -0.1) is 5.10 Å². The number of halogens is 3. The predicted molar refractivity (Wildman–Crippen MR) is 200 cm³/mol. The van der Waals surface area contributed by atoms with Crippen LogP contribution in [0.1, 0.15) is 46.8 Å². The zero-order chi connectivity index (χ0) is 36.2. The number of carbonyl (C=O) groups is 1. The Morgan fingerprint density at radius 3 is 2.56 bits per heavy atom. The number of carbonyl (C=O) groups excluding carboxylic acids is 1. The van der Waals surface area contributed by atoms with Crippen LogP contribution in [-0.4, -0.2) is 44.1 Å². The van der Waals surface area contributed by atoms with Gasteiger partial charge in [-0.3, -0.25) is 4.98 Å². The lowest BCUT2D eigenvalue weighted by Crippen LogP contribution is -2.39. The van der Waals surface area contributed by atoms with Crippen molar-refractivity contribution < 1.29 is 13.9 Å². The van der Waals surface area contributed by atoms with Crippen molar-refractivity contribution in [3.8, 4) is 6.07 Å². The van der Waals surface area contributed by atoms with Crippen molar-refractivity contribution in [3.63, 3.8) is 0 Å². The molecule has 0 atom stereocenters. The highest BCUT2D eigenvalue weighted by Gasteiger charge is 2.26. The molecule has 10 nitrogen and oxygen atoms in total. The number of nitriles is 1. The van der Waals surface area contributed by atoms with E-state index in [4.69, 9.17) is 27.9 Å². The molecule has 1 amide bonds. The Morgan fingerprint density at radius 2 is 1.79 bits per heavy atom. The van der Waals surface area contributed by atoms with E-state index in [0.29, 0.717) is 52.5 Å². The Balaban J connectivity index is 1.06. The summed E-state index contributed by atoms with van der Waals surface area (Å²) in [6, 6.07) is 26.0. The molecule has 13 heteroatoms. The summed E-state index contributed by atoms with van der Waals surface area (Å²) >= 11 is 12.8. The van der Waals surface area contributed by atoms with E-state index in [-0.39, 0.29) is 29.3 Å². The summed E-state index contributed by atoms with van der Waals surface area (Å²) in [4.78, 5) is 18.8. The minimum absolute atomic E-state index is 0.0450. The first-order chi connectivity index (χ1) is 25.2. The van der Waals surface area contributed by atoms with Crippen LogP contribution in [-0.2, 0) is 17.8 Å². The first kappa shape index (κ1) is 34.7. The number of hydrogen-bond donors (Lipinski definition) is 2. The molecule has 1 fully saturated rings. The van der Waals surface area contributed by atoms with Crippen LogP contribution in [0.15, 0.2) is 91.3 Å². The molecule has 52 heavy (non-hydrogen) atoms. The van der Waals surface area contributed by atoms with Crippen molar-refractivity contribution in [1.82, 2.24) is 24.9 Å². The molecule has 3 heterocycles. The van der Waals surface area contributed by atoms with Gasteiger partial charge >= 0.3 is 6.09 Å². The topological polar surface area (TPSA) is 121 Å². The van der Waals surface area contributed by atoms with Crippen LogP contribution in [0.25, 0.3) is 10.9 Å². The molecule has 262 valence electrons. The maximum atomic E-state index is 13.9. The number of ether oxygens (including phenoxy) is 1. The average molecular weight is 736 g/mol. The number of rotatable bonds is 9. The number of fused-ring (bicyclic) bond motifs is 1. The van der Waals surface area contributed by atoms with E-state index in [9.17, 15) is 14.4 Å². The van der Waals surface area contributed by atoms with E-state index in [1.165, 1.54) is 18.3 Å². The van der Waals surface area contributed by atoms with Crippen LogP contribution in [0.3, 0.4) is 0 Å². The number of anilines is 4. The number of nitrogens with zero attached hydrogens (tertiary/aromatic N) is 6. The highest BCUT2D eigenvalue weighted by atomic mass is 35.5. The highest BCUT2D eigenvalue weighted by molar-refractivity contribution is 6.36. The van der Waals surface area contributed by atoms with Gasteiger partial charge < -0.3 is 20.3 Å². The van der Waals surface area contributed by atoms with Crippen molar-refractivity contribution in [1.29, 1.82) is 5.26 Å². The average Bonchev–Trinajstić information content (AvgIpc) is 3.62. The quantitative estimate of drug-likeness (QED) is 0.151. The van der Waals surface area contributed by atoms with Crippen LogP contribution in [0, 0.1) is 24.1 Å². The van der Waals surface area contributed by atoms with Gasteiger partial charge in [0.15, 0.2) is 0 Å². The number of aromatic nitrogens is 4. The van der Waals surface area contributed by atoms with Gasteiger partial charge in [-0.2, -0.15) is 5.26 Å². The van der Waals surface area contributed by atoms with Crippen LogP contribution in [0.2, 0.25) is 10.0 Å². The van der Waals surface area contributed by atoms with E-state index < -0.39 is 5.82 Å². The van der Waals surface area contributed by atoms with Crippen molar-refractivity contribution >= 4 is 62.9 Å². The maximum absolute atomic E-state index is 13.9. The molecule has 1 aliphatic heterocycles. The van der Waals surface area contributed by atoms with Crippen molar-refractivity contribution in [2.75, 3.05) is 23.7 Å². The number of nitrogens with one attached hydrogen (secondary N) is 2. The molecule has 6 aromatic rings. The number of pyridine rings is 1. The van der Waals surface area contributed by atoms with Crippen LogP contribution in [0.4, 0.5) is 31.9 Å². The predicted octanol–water partition coefficient (Wildman–Crippen LogP) is 9.50. The van der Waals surface area contributed by atoms with Crippen molar-refractivity contribution in [3.05, 3.63) is 135 Å². The molecule has 7 rings (SSSR count). The normalized spacial score (nSPS) is 13.2. The number of benzene rings is 4. The van der Waals surface area contributed by atoms with E-state index in [2.05, 4.69) is 38.1 Å². The third-order valence-electron chi connectivity index (χ3n) is 9.01. The molecular formula is C39H33Cl2FN8O2. The Kier molecular flexibility index (Phi) is 10.2. The second-order valence-corrected chi connectivity index (χ2v) is 13.5. The summed E-state index contributed by atoms with van der Waals surface area (Å²) in [7, 11) is 0. The lowest BCUT2D eigenvalue weighted by atomic mass is 10.0. The zero-order valence-corrected chi connectivity index (χ0v) is 29.6. The Labute approximate surface area is 309 Å².